The van der Waals surface area contributed by atoms with Crippen LogP contribution in [0.1, 0.15) is 0 Å². The molecule has 3 rings (SSSR count). The summed E-state index contributed by atoms with van der Waals surface area (Å²) in [4.78, 5) is 0. The van der Waals surface area contributed by atoms with Crippen molar-refractivity contribution < 1.29 is 79.5 Å². The molecule has 35 heavy (non-hydrogen) atoms. The standard InChI is InChI=1S/C19H34O16/c1-30-15-9(23)6(3-21)34-19(14(15)28)35-16-10(24)7(32-17(29)13(16)27)4-31-18-12(26)11(25)8(22)5(2-20)33-18/h5-29H,2-4H2,1H3/t5-,6-,7-,8-,9-,10-,11+,12+,13+,14+,15+,16+,17?,18+,19-/m1/s1. The number of hydrogen-bond donors (Lipinski definition) is 10. The molecule has 16 heteroatoms. The molecule has 0 radical (unpaired) electrons. The summed E-state index contributed by atoms with van der Waals surface area (Å²) < 4.78 is 31.5. The summed E-state index contributed by atoms with van der Waals surface area (Å²) in [6.07, 6.45) is -23.4. The van der Waals surface area contributed by atoms with Gasteiger partial charge >= 0.3 is 0 Å². The molecular formula is C19H34O16. The van der Waals surface area contributed by atoms with Gasteiger partial charge in [-0.1, -0.05) is 0 Å². The summed E-state index contributed by atoms with van der Waals surface area (Å²) in [5.41, 5.74) is 0. The molecule has 3 heterocycles. The van der Waals surface area contributed by atoms with Gasteiger partial charge in [-0.05, 0) is 0 Å². The Kier molecular flexibility index (Phi) is 10.1. The van der Waals surface area contributed by atoms with E-state index in [0.29, 0.717) is 0 Å². The van der Waals surface area contributed by atoms with Crippen LogP contribution in [0.3, 0.4) is 0 Å². The fraction of sp³-hybridized carbons (Fsp3) is 1.00. The minimum atomic E-state index is -1.90. The smallest absolute Gasteiger partial charge is 0.187 e. The van der Waals surface area contributed by atoms with Crippen molar-refractivity contribution in [2.75, 3.05) is 26.9 Å². The van der Waals surface area contributed by atoms with Crippen LogP contribution in [-0.4, -0.2) is 170 Å². The highest BCUT2D eigenvalue weighted by molar-refractivity contribution is 4.95. The molecular weight excluding hydrogens is 484 g/mol. The third kappa shape index (κ3) is 5.93. The van der Waals surface area contributed by atoms with Crippen LogP contribution in [0.15, 0.2) is 0 Å². The minimum absolute atomic E-state index is 0.583. The monoisotopic (exact) mass is 518 g/mol. The van der Waals surface area contributed by atoms with Crippen molar-refractivity contribution in [3.63, 3.8) is 0 Å². The zero-order valence-corrected chi connectivity index (χ0v) is 18.7. The van der Waals surface area contributed by atoms with Crippen LogP contribution >= 0.6 is 0 Å². The van der Waals surface area contributed by atoms with Gasteiger partial charge in [-0.25, -0.2) is 0 Å². The molecule has 15 atom stereocenters. The Morgan fingerprint density at radius 3 is 1.74 bits per heavy atom. The van der Waals surface area contributed by atoms with E-state index in [4.69, 9.17) is 28.4 Å². The van der Waals surface area contributed by atoms with E-state index in [2.05, 4.69) is 0 Å². The fourth-order valence-corrected chi connectivity index (χ4v) is 4.21. The molecule has 3 saturated heterocycles. The van der Waals surface area contributed by atoms with Gasteiger partial charge in [0.2, 0.25) is 0 Å². The lowest BCUT2D eigenvalue weighted by atomic mass is 9.96. The summed E-state index contributed by atoms with van der Waals surface area (Å²) >= 11 is 0. The lowest BCUT2D eigenvalue weighted by molar-refractivity contribution is -0.362. The Morgan fingerprint density at radius 1 is 0.571 bits per heavy atom. The van der Waals surface area contributed by atoms with E-state index in [1.165, 1.54) is 7.11 Å². The average molecular weight is 518 g/mol. The molecule has 0 aromatic rings. The molecule has 3 aliphatic rings. The molecule has 0 saturated carbocycles. The lowest BCUT2D eigenvalue weighted by Gasteiger charge is -2.46. The Bertz CT molecular complexity index is 654. The normalized spacial score (nSPS) is 51.3. The lowest BCUT2D eigenvalue weighted by Crippen LogP contribution is -2.65. The van der Waals surface area contributed by atoms with Gasteiger partial charge in [0.05, 0.1) is 19.8 Å². The number of hydrogen-bond acceptors (Lipinski definition) is 16. The maximum atomic E-state index is 10.7. The highest BCUT2D eigenvalue weighted by Crippen LogP contribution is 2.30. The molecule has 0 spiro atoms. The zero-order chi connectivity index (χ0) is 26.0. The number of aliphatic hydroxyl groups is 10. The molecule has 3 aliphatic heterocycles. The summed E-state index contributed by atoms with van der Waals surface area (Å²) in [5, 5.41) is 100. The van der Waals surface area contributed by atoms with E-state index >= 15 is 0 Å². The van der Waals surface area contributed by atoms with Gasteiger partial charge in [0, 0.05) is 7.11 Å². The predicted octanol–water partition coefficient (Wildman–Crippen LogP) is -6.92. The van der Waals surface area contributed by atoms with Crippen molar-refractivity contribution in [3.05, 3.63) is 0 Å². The quantitative estimate of drug-likeness (QED) is 0.143. The number of methoxy groups -OCH3 is 1. The molecule has 0 bridgehead atoms. The van der Waals surface area contributed by atoms with Crippen LogP contribution in [0, 0.1) is 0 Å². The van der Waals surface area contributed by atoms with Gasteiger partial charge in [-0.15, -0.1) is 0 Å². The number of rotatable bonds is 8. The van der Waals surface area contributed by atoms with Crippen LogP contribution in [0.4, 0.5) is 0 Å². The van der Waals surface area contributed by atoms with Crippen molar-refractivity contribution in [2.45, 2.75) is 92.1 Å². The van der Waals surface area contributed by atoms with Gasteiger partial charge in [0.1, 0.15) is 73.2 Å². The highest BCUT2D eigenvalue weighted by atomic mass is 16.7. The first-order valence-electron chi connectivity index (χ1n) is 11.0. The SMILES string of the molecule is CO[C@@H]1[C@H](O)[C@@H](O[C@H]2[C@H](O)[C@@H](CO[C@H]3O[C@H](CO)[C@@H](O)[C@H](O)[C@@H]3O)OC(O)[C@H]2O)O[C@H](CO)[C@H]1O. The van der Waals surface area contributed by atoms with Crippen LogP contribution in [0.25, 0.3) is 0 Å². The summed E-state index contributed by atoms with van der Waals surface area (Å²) in [5.74, 6) is 0. The second-order valence-electron chi connectivity index (χ2n) is 8.58. The maximum Gasteiger partial charge on any atom is 0.187 e. The third-order valence-electron chi connectivity index (χ3n) is 6.32. The molecule has 1 unspecified atom stereocenters. The molecule has 3 fully saturated rings. The van der Waals surface area contributed by atoms with Gasteiger partial charge in [0.15, 0.2) is 18.9 Å². The second-order valence-corrected chi connectivity index (χ2v) is 8.58. The van der Waals surface area contributed by atoms with E-state index in [0.717, 1.165) is 0 Å². The Morgan fingerprint density at radius 2 is 1.14 bits per heavy atom. The van der Waals surface area contributed by atoms with Crippen LogP contribution in [0.2, 0.25) is 0 Å². The number of aliphatic hydroxyl groups excluding tert-OH is 10. The van der Waals surface area contributed by atoms with E-state index in [9.17, 15) is 51.1 Å². The minimum Gasteiger partial charge on any atom is -0.394 e. The zero-order valence-electron chi connectivity index (χ0n) is 18.7. The van der Waals surface area contributed by atoms with Gasteiger partial charge in [-0.3, -0.25) is 0 Å². The predicted molar refractivity (Wildman–Crippen MR) is 106 cm³/mol. The molecule has 10 N–H and O–H groups in total. The first-order valence-corrected chi connectivity index (χ1v) is 11.0. The highest BCUT2D eigenvalue weighted by Gasteiger charge is 2.51. The topological polar surface area (TPSA) is 258 Å². The van der Waals surface area contributed by atoms with Gasteiger partial charge < -0.3 is 79.5 Å². The summed E-state index contributed by atoms with van der Waals surface area (Å²) in [6.45, 7) is -1.94. The van der Waals surface area contributed by atoms with Crippen molar-refractivity contribution in [2.24, 2.45) is 0 Å². The molecule has 16 nitrogen and oxygen atoms in total. The number of ether oxygens (including phenoxy) is 6. The fourth-order valence-electron chi connectivity index (χ4n) is 4.21. The van der Waals surface area contributed by atoms with E-state index in [1.807, 2.05) is 0 Å². The first kappa shape index (κ1) is 28.9. The first-order chi connectivity index (χ1) is 16.5. The average Bonchev–Trinajstić information content (AvgIpc) is 2.84. The van der Waals surface area contributed by atoms with Crippen LogP contribution in [0.5, 0.6) is 0 Å². The summed E-state index contributed by atoms with van der Waals surface area (Å²) in [7, 11) is 1.20. The largest absolute Gasteiger partial charge is 0.394 e. The Hall–Kier alpha value is -0.640. The molecule has 0 aliphatic carbocycles. The van der Waals surface area contributed by atoms with Crippen molar-refractivity contribution in [1.82, 2.24) is 0 Å². The molecule has 0 aromatic heterocycles. The third-order valence-corrected chi connectivity index (χ3v) is 6.32. The van der Waals surface area contributed by atoms with E-state index < -0.39 is 112 Å². The Balaban J connectivity index is 1.67. The Labute approximate surface area is 199 Å². The molecule has 0 amide bonds. The van der Waals surface area contributed by atoms with Crippen molar-refractivity contribution >= 4 is 0 Å². The van der Waals surface area contributed by atoms with Gasteiger partial charge in [0.25, 0.3) is 0 Å². The van der Waals surface area contributed by atoms with Crippen molar-refractivity contribution in [3.8, 4) is 0 Å². The van der Waals surface area contributed by atoms with Crippen molar-refractivity contribution in [1.29, 1.82) is 0 Å². The molecule has 206 valence electrons. The second kappa shape index (κ2) is 12.3. The summed E-state index contributed by atoms with van der Waals surface area (Å²) in [6, 6.07) is 0. The maximum absolute atomic E-state index is 10.7. The van der Waals surface area contributed by atoms with E-state index in [1.54, 1.807) is 0 Å². The van der Waals surface area contributed by atoms with Gasteiger partial charge in [-0.2, -0.15) is 0 Å². The molecule has 0 aromatic carbocycles. The van der Waals surface area contributed by atoms with Crippen LogP contribution < -0.4 is 0 Å². The van der Waals surface area contributed by atoms with E-state index in [-0.39, 0.29) is 0 Å². The van der Waals surface area contributed by atoms with Crippen LogP contribution in [-0.2, 0) is 28.4 Å².